The predicted octanol–water partition coefficient (Wildman–Crippen LogP) is 1.50. The van der Waals surface area contributed by atoms with Crippen molar-refractivity contribution in [3.05, 3.63) is 36.0 Å². The minimum atomic E-state index is 0.349. The molecule has 0 radical (unpaired) electrons. The lowest BCUT2D eigenvalue weighted by atomic mass is 10.4. The molecular formula is C12H17N5O2. The van der Waals surface area contributed by atoms with Crippen LogP contribution in [0.4, 0.5) is 11.6 Å². The Labute approximate surface area is 111 Å². The molecule has 0 spiro atoms. The van der Waals surface area contributed by atoms with E-state index in [4.69, 9.17) is 15.0 Å². The van der Waals surface area contributed by atoms with E-state index in [1.54, 1.807) is 12.3 Å². The molecule has 2 rings (SSSR count). The standard InChI is InChI=1S/C12H17N5O2/c1-2-18-8-12-15-10(6-11(16-12)17-13)14-7-9-4-3-5-19-9/h3-6H,2,7-8,13H2,1H3,(H2,14,15,16,17). The highest BCUT2D eigenvalue weighted by Crippen LogP contribution is 2.12. The Hall–Kier alpha value is -2.12. The summed E-state index contributed by atoms with van der Waals surface area (Å²) in [6.07, 6.45) is 1.63. The molecule has 7 nitrogen and oxygen atoms in total. The second kappa shape index (κ2) is 6.72. The Morgan fingerprint density at radius 2 is 2.21 bits per heavy atom. The van der Waals surface area contributed by atoms with Crippen LogP contribution in [-0.4, -0.2) is 16.6 Å². The second-order valence-electron chi connectivity index (χ2n) is 3.77. The molecule has 0 saturated carbocycles. The quantitative estimate of drug-likeness (QED) is 0.514. The van der Waals surface area contributed by atoms with E-state index < -0.39 is 0 Å². The molecule has 0 aliphatic carbocycles. The zero-order chi connectivity index (χ0) is 13.5. The first-order valence-electron chi connectivity index (χ1n) is 6.00. The van der Waals surface area contributed by atoms with Crippen molar-refractivity contribution >= 4 is 11.6 Å². The number of hydrogen-bond donors (Lipinski definition) is 3. The minimum Gasteiger partial charge on any atom is -0.467 e. The van der Waals surface area contributed by atoms with Gasteiger partial charge in [0.2, 0.25) is 0 Å². The Balaban J connectivity index is 2.05. The summed E-state index contributed by atoms with van der Waals surface area (Å²) < 4.78 is 10.5. The molecule has 19 heavy (non-hydrogen) atoms. The Morgan fingerprint density at radius 3 is 2.89 bits per heavy atom. The molecule has 2 heterocycles. The first-order chi connectivity index (χ1) is 9.31. The van der Waals surface area contributed by atoms with Crippen molar-refractivity contribution < 1.29 is 9.15 Å². The fraction of sp³-hybridized carbons (Fsp3) is 0.333. The van der Waals surface area contributed by atoms with Gasteiger partial charge in [0.05, 0.1) is 12.8 Å². The van der Waals surface area contributed by atoms with Gasteiger partial charge in [0.15, 0.2) is 5.82 Å². The normalized spacial score (nSPS) is 10.4. The van der Waals surface area contributed by atoms with Gasteiger partial charge in [-0.05, 0) is 19.1 Å². The van der Waals surface area contributed by atoms with Crippen LogP contribution in [0.2, 0.25) is 0 Å². The summed E-state index contributed by atoms with van der Waals surface area (Å²) in [5.74, 6) is 7.97. The summed E-state index contributed by atoms with van der Waals surface area (Å²) in [5.41, 5.74) is 2.51. The lowest BCUT2D eigenvalue weighted by molar-refractivity contribution is 0.128. The van der Waals surface area contributed by atoms with Crippen LogP contribution < -0.4 is 16.6 Å². The van der Waals surface area contributed by atoms with E-state index in [0.29, 0.717) is 37.2 Å². The molecule has 4 N–H and O–H groups in total. The predicted molar refractivity (Wildman–Crippen MR) is 71.2 cm³/mol. The minimum absolute atomic E-state index is 0.349. The van der Waals surface area contributed by atoms with Crippen LogP contribution in [-0.2, 0) is 17.9 Å². The van der Waals surface area contributed by atoms with Crippen molar-refractivity contribution in [1.29, 1.82) is 0 Å². The van der Waals surface area contributed by atoms with Crippen LogP contribution in [0, 0.1) is 0 Å². The zero-order valence-electron chi connectivity index (χ0n) is 10.7. The summed E-state index contributed by atoms with van der Waals surface area (Å²) in [6, 6.07) is 5.44. The zero-order valence-corrected chi connectivity index (χ0v) is 10.7. The van der Waals surface area contributed by atoms with E-state index in [9.17, 15) is 0 Å². The van der Waals surface area contributed by atoms with Crippen LogP contribution in [0.15, 0.2) is 28.9 Å². The van der Waals surface area contributed by atoms with E-state index in [1.165, 1.54) is 0 Å². The molecule has 0 aliphatic heterocycles. The lowest BCUT2D eigenvalue weighted by Crippen LogP contribution is -2.12. The third-order valence-corrected chi connectivity index (χ3v) is 2.38. The van der Waals surface area contributed by atoms with E-state index >= 15 is 0 Å². The molecule has 0 amide bonds. The number of nitrogen functional groups attached to an aromatic ring is 1. The van der Waals surface area contributed by atoms with Crippen LogP contribution in [0.3, 0.4) is 0 Å². The van der Waals surface area contributed by atoms with Crippen molar-refractivity contribution in [1.82, 2.24) is 9.97 Å². The van der Waals surface area contributed by atoms with Gasteiger partial charge in [-0.25, -0.2) is 15.8 Å². The van der Waals surface area contributed by atoms with Gasteiger partial charge in [0, 0.05) is 12.7 Å². The number of aromatic nitrogens is 2. The molecule has 102 valence electrons. The van der Waals surface area contributed by atoms with Gasteiger partial charge in [-0.3, -0.25) is 0 Å². The fourth-order valence-electron chi connectivity index (χ4n) is 1.51. The maximum absolute atomic E-state index is 5.38. The number of nitrogens with zero attached hydrogens (tertiary/aromatic N) is 2. The van der Waals surface area contributed by atoms with Gasteiger partial charge < -0.3 is 19.9 Å². The molecule has 0 atom stereocenters. The van der Waals surface area contributed by atoms with Gasteiger partial charge in [0.25, 0.3) is 0 Å². The Kier molecular flexibility index (Phi) is 4.71. The molecule has 0 aliphatic rings. The maximum Gasteiger partial charge on any atom is 0.158 e. The average Bonchev–Trinajstić information content (AvgIpc) is 2.96. The topological polar surface area (TPSA) is 98.2 Å². The molecule has 0 aromatic carbocycles. The lowest BCUT2D eigenvalue weighted by Gasteiger charge is -2.08. The molecule has 0 bridgehead atoms. The average molecular weight is 263 g/mol. The molecular weight excluding hydrogens is 246 g/mol. The van der Waals surface area contributed by atoms with Crippen LogP contribution in [0.5, 0.6) is 0 Å². The summed E-state index contributed by atoms with van der Waals surface area (Å²) in [4.78, 5) is 8.53. The highest BCUT2D eigenvalue weighted by atomic mass is 16.5. The summed E-state index contributed by atoms with van der Waals surface area (Å²) in [7, 11) is 0. The van der Waals surface area contributed by atoms with Crippen LogP contribution in [0.25, 0.3) is 0 Å². The van der Waals surface area contributed by atoms with Crippen molar-refractivity contribution in [2.24, 2.45) is 5.84 Å². The Bertz CT molecular complexity index is 501. The van der Waals surface area contributed by atoms with E-state index in [1.807, 2.05) is 19.1 Å². The summed E-state index contributed by atoms with van der Waals surface area (Å²) in [5, 5.41) is 3.14. The first-order valence-corrected chi connectivity index (χ1v) is 6.00. The monoisotopic (exact) mass is 263 g/mol. The third-order valence-electron chi connectivity index (χ3n) is 2.38. The SMILES string of the molecule is CCOCc1nc(NN)cc(NCc2ccco2)n1. The number of nitrogens with one attached hydrogen (secondary N) is 2. The van der Waals surface area contributed by atoms with Crippen molar-refractivity contribution in [3.8, 4) is 0 Å². The Morgan fingerprint density at radius 1 is 1.37 bits per heavy atom. The van der Waals surface area contributed by atoms with Gasteiger partial charge in [-0.1, -0.05) is 0 Å². The fourth-order valence-corrected chi connectivity index (χ4v) is 1.51. The summed E-state index contributed by atoms with van der Waals surface area (Å²) in [6.45, 7) is 3.42. The molecule has 0 unspecified atom stereocenters. The second-order valence-corrected chi connectivity index (χ2v) is 3.77. The first kappa shape index (κ1) is 13.3. The van der Waals surface area contributed by atoms with Gasteiger partial charge >= 0.3 is 0 Å². The van der Waals surface area contributed by atoms with Crippen LogP contribution >= 0.6 is 0 Å². The van der Waals surface area contributed by atoms with Crippen molar-refractivity contribution in [2.45, 2.75) is 20.1 Å². The number of ether oxygens (including phenoxy) is 1. The number of hydrazine groups is 1. The van der Waals surface area contributed by atoms with E-state index in [2.05, 4.69) is 20.7 Å². The number of anilines is 2. The largest absolute Gasteiger partial charge is 0.467 e. The van der Waals surface area contributed by atoms with E-state index in [0.717, 1.165) is 5.76 Å². The van der Waals surface area contributed by atoms with Crippen LogP contribution in [0.1, 0.15) is 18.5 Å². The molecule has 7 heteroatoms. The van der Waals surface area contributed by atoms with Gasteiger partial charge in [0.1, 0.15) is 24.0 Å². The van der Waals surface area contributed by atoms with Crippen molar-refractivity contribution in [3.63, 3.8) is 0 Å². The smallest absolute Gasteiger partial charge is 0.158 e. The molecule has 0 fully saturated rings. The summed E-state index contributed by atoms with van der Waals surface area (Å²) >= 11 is 0. The maximum atomic E-state index is 5.38. The number of rotatable bonds is 7. The molecule has 2 aromatic rings. The highest BCUT2D eigenvalue weighted by molar-refractivity contribution is 5.46. The van der Waals surface area contributed by atoms with E-state index in [-0.39, 0.29) is 0 Å². The number of nitrogens with two attached hydrogens (primary N) is 1. The molecule has 0 saturated heterocycles. The third kappa shape index (κ3) is 3.94. The molecule has 2 aromatic heterocycles. The van der Waals surface area contributed by atoms with Gasteiger partial charge in [-0.15, -0.1) is 0 Å². The number of furan rings is 1. The number of hydrogen-bond acceptors (Lipinski definition) is 7. The van der Waals surface area contributed by atoms with Gasteiger partial charge in [-0.2, -0.15) is 0 Å². The van der Waals surface area contributed by atoms with Crippen molar-refractivity contribution in [2.75, 3.05) is 17.3 Å². The highest BCUT2D eigenvalue weighted by Gasteiger charge is 2.05.